The Bertz CT molecular complexity index is 1890. The van der Waals surface area contributed by atoms with Crippen LogP contribution in [0.5, 0.6) is 0 Å². The number of benzene rings is 4. The van der Waals surface area contributed by atoms with E-state index in [1.807, 2.05) is 54.6 Å². The second-order valence-corrected chi connectivity index (χ2v) is 11.3. The zero-order valence-corrected chi connectivity index (χ0v) is 24.9. The Hall–Kier alpha value is -5.42. The normalized spacial score (nSPS) is 18.0. The number of aliphatic imine (C=N–C) groups is 1. The van der Waals surface area contributed by atoms with Crippen LogP contribution in [-0.4, -0.2) is 32.7 Å². The molecule has 1 aromatic heterocycles. The van der Waals surface area contributed by atoms with Crippen LogP contribution in [0.1, 0.15) is 42.2 Å². The molecule has 5 nitrogen and oxygen atoms in total. The number of likely N-dealkylation sites (N-methyl/N-ethyl adjacent to an activating group) is 1. The van der Waals surface area contributed by atoms with Crippen LogP contribution in [0.4, 0.5) is 0 Å². The molecule has 4 aromatic carbocycles. The lowest BCUT2D eigenvalue weighted by atomic mass is 9.92. The summed E-state index contributed by atoms with van der Waals surface area (Å²) < 4.78 is 0. The number of aromatic nitrogens is 3. The topological polar surface area (TPSA) is 54.3 Å². The van der Waals surface area contributed by atoms with Crippen molar-refractivity contribution in [2.45, 2.75) is 19.4 Å². The van der Waals surface area contributed by atoms with Gasteiger partial charge in [0.1, 0.15) is 11.5 Å². The molecule has 0 amide bonds. The van der Waals surface area contributed by atoms with E-state index in [0.717, 1.165) is 34.7 Å². The van der Waals surface area contributed by atoms with E-state index in [1.165, 1.54) is 16.7 Å². The minimum absolute atomic E-state index is 0.0707. The highest BCUT2D eigenvalue weighted by Gasteiger charge is 2.27. The van der Waals surface area contributed by atoms with Gasteiger partial charge in [0.15, 0.2) is 17.5 Å². The van der Waals surface area contributed by atoms with Gasteiger partial charge in [-0.2, -0.15) is 0 Å². The van der Waals surface area contributed by atoms with E-state index in [1.54, 1.807) is 0 Å². The Morgan fingerprint density at radius 3 is 1.84 bits per heavy atom. The Labute approximate surface area is 258 Å². The molecule has 2 heterocycles. The van der Waals surface area contributed by atoms with Crippen molar-refractivity contribution in [3.8, 4) is 22.5 Å². The van der Waals surface area contributed by atoms with Crippen LogP contribution >= 0.6 is 0 Å². The maximum atomic E-state index is 5.20. The van der Waals surface area contributed by atoms with Crippen molar-refractivity contribution in [2.75, 3.05) is 7.05 Å². The number of allylic oxidation sites excluding steroid dienone is 4. The molecule has 0 bridgehead atoms. The summed E-state index contributed by atoms with van der Waals surface area (Å²) in [7, 11) is 2.10. The summed E-state index contributed by atoms with van der Waals surface area (Å²) >= 11 is 0. The second kappa shape index (κ2) is 12.1. The molecule has 5 heteroatoms. The van der Waals surface area contributed by atoms with Crippen LogP contribution in [0, 0.1) is 5.92 Å². The van der Waals surface area contributed by atoms with Gasteiger partial charge in [0.2, 0.25) is 0 Å². The lowest BCUT2D eigenvalue weighted by Crippen LogP contribution is -2.33. The molecule has 2 unspecified atom stereocenters. The third kappa shape index (κ3) is 5.52. The standard InChI is InChI=1S/C39H33N5/c1-27-14-12-13-21-33(27)37-41-36(31-17-8-4-9-18-31)42-38(43-37)34-26-35(44(2)39(40-34)32-19-10-5-11-20-32)30-24-22-29(23-25-30)28-15-6-3-7-16-28/h3-13,15-27,35H,14H2,1-2H3. The van der Waals surface area contributed by atoms with Crippen LogP contribution in [0.2, 0.25) is 0 Å². The minimum atomic E-state index is -0.0707. The van der Waals surface area contributed by atoms with Crippen molar-refractivity contribution in [3.63, 3.8) is 0 Å². The second-order valence-electron chi connectivity index (χ2n) is 11.3. The maximum Gasteiger partial charge on any atom is 0.182 e. The van der Waals surface area contributed by atoms with Crippen molar-refractivity contribution < 1.29 is 0 Å². The zero-order valence-electron chi connectivity index (χ0n) is 24.9. The average molecular weight is 572 g/mol. The first kappa shape index (κ1) is 27.4. The van der Waals surface area contributed by atoms with Crippen molar-refractivity contribution in [1.29, 1.82) is 0 Å². The number of nitrogens with zero attached hydrogens (tertiary/aromatic N) is 5. The molecule has 1 aliphatic carbocycles. The van der Waals surface area contributed by atoms with Crippen molar-refractivity contribution >= 4 is 17.1 Å². The molecule has 44 heavy (non-hydrogen) atoms. The summed E-state index contributed by atoms with van der Waals surface area (Å²) in [5, 5.41) is 0. The molecule has 0 radical (unpaired) electrons. The van der Waals surface area contributed by atoms with Crippen LogP contribution in [-0.2, 0) is 0 Å². The average Bonchev–Trinajstić information content (AvgIpc) is 3.09. The highest BCUT2D eigenvalue weighted by Crippen LogP contribution is 2.35. The van der Waals surface area contributed by atoms with Gasteiger partial charge in [-0.15, -0.1) is 0 Å². The van der Waals surface area contributed by atoms with Crippen molar-refractivity contribution in [1.82, 2.24) is 19.9 Å². The molecule has 214 valence electrons. The summed E-state index contributed by atoms with van der Waals surface area (Å²) in [5.74, 6) is 3.10. The van der Waals surface area contributed by atoms with E-state index in [0.29, 0.717) is 23.4 Å². The number of amidine groups is 1. The van der Waals surface area contributed by atoms with Gasteiger partial charge in [-0.05, 0) is 35.1 Å². The van der Waals surface area contributed by atoms with Gasteiger partial charge in [0.25, 0.3) is 0 Å². The van der Waals surface area contributed by atoms with Gasteiger partial charge in [-0.1, -0.05) is 140 Å². The Morgan fingerprint density at radius 2 is 1.18 bits per heavy atom. The lowest BCUT2D eigenvalue weighted by Gasteiger charge is -2.33. The molecule has 0 N–H and O–H groups in total. The predicted octanol–water partition coefficient (Wildman–Crippen LogP) is 8.66. The Kier molecular flexibility index (Phi) is 7.51. The fourth-order valence-electron chi connectivity index (χ4n) is 5.80. The smallest absolute Gasteiger partial charge is 0.182 e. The van der Waals surface area contributed by atoms with E-state index >= 15 is 0 Å². The lowest BCUT2D eigenvalue weighted by molar-refractivity contribution is 0.434. The first-order valence-corrected chi connectivity index (χ1v) is 15.1. The molecule has 0 spiro atoms. The summed E-state index contributed by atoms with van der Waals surface area (Å²) in [4.78, 5) is 22.5. The molecular formula is C39H33N5. The SMILES string of the molecule is CC1CC=CC=C1c1nc(C2=CC(c3ccc(-c4ccccc4)cc3)N(C)C(c3ccccc3)=N2)nc(-c2ccccc2)n1. The van der Waals surface area contributed by atoms with Gasteiger partial charge in [0.05, 0.1) is 6.04 Å². The molecule has 1 aliphatic heterocycles. The molecule has 7 rings (SSSR count). The predicted molar refractivity (Wildman–Crippen MR) is 179 cm³/mol. The molecule has 5 aromatic rings. The largest absolute Gasteiger partial charge is 0.349 e. The fourth-order valence-corrected chi connectivity index (χ4v) is 5.80. The summed E-state index contributed by atoms with van der Waals surface area (Å²) in [6, 6.07) is 39.6. The zero-order chi connectivity index (χ0) is 29.9. The Morgan fingerprint density at radius 1 is 0.614 bits per heavy atom. The molecule has 2 aliphatic rings. The quantitative estimate of drug-likeness (QED) is 0.205. The van der Waals surface area contributed by atoms with Crippen LogP contribution in [0.3, 0.4) is 0 Å². The monoisotopic (exact) mass is 571 g/mol. The summed E-state index contributed by atoms with van der Waals surface area (Å²) in [6.07, 6.45) is 9.55. The van der Waals surface area contributed by atoms with E-state index in [4.69, 9.17) is 19.9 Å². The molecule has 0 fully saturated rings. The van der Waals surface area contributed by atoms with E-state index < -0.39 is 0 Å². The highest BCUT2D eigenvalue weighted by molar-refractivity contribution is 6.03. The highest BCUT2D eigenvalue weighted by atomic mass is 15.2. The van der Waals surface area contributed by atoms with Gasteiger partial charge < -0.3 is 4.90 Å². The van der Waals surface area contributed by atoms with Gasteiger partial charge >= 0.3 is 0 Å². The van der Waals surface area contributed by atoms with Gasteiger partial charge in [-0.25, -0.2) is 19.9 Å². The van der Waals surface area contributed by atoms with Crippen LogP contribution in [0.15, 0.2) is 145 Å². The first-order chi connectivity index (χ1) is 21.6. The number of hydrogen-bond donors (Lipinski definition) is 0. The molecule has 0 saturated carbocycles. The van der Waals surface area contributed by atoms with Crippen molar-refractivity contribution in [2.24, 2.45) is 10.9 Å². The number of rotatable bonds is 6. The van der Waals surface area contributed by atoms with E-state index in [2.05, 4.69) is 104 Å². The fraction of sp³-hybridized carbons (Fsp3) is 0.128. The Balaban J connectivity index is 1.37. The minimum Gasteiger partial charge on any atom is -0.349 e. The maximum absolute atomic E-state index is 5.20. The van der Waals surface area contributed by atoms with Gasteiger partial charge in [-0.3, -0.25) is 0 Å². The van der Waals surface area contributed by atoms with Crippen LogP contribution in [0.25, 0.3) is 33.8 Å². The molecule has 0 saturated heterocycles. The molecular weight excluding hydrogens is 538 g/mol. The van der Waals surface area contributed by atoms with Crippen LogP contribution < -0.4 is 0 Å². The van der Waals surface area contributed by atoms with Crippen molar-refractivity contribution in [3.05, 3.63) is 162 Å². The van der Waals surface area contributed by atoms with E-state index in [9.17, 15) is 0 Å². The third-order valence-corrected chi connectivity index (χ3v) is 8.27. The summed E-state index contributed by atoms with van der Waals surface area (Å²) in [5.41, 5.74) is 7.39. The third-order valence-electron chi connectivity index (χ3n) is 8.27. The number of hydrogen-bond acceptors (Lipinski definition) is 5. The summed E-state index contributed by atoms with van der Waals surface area (Å²) in [6.45, 7) is 2.22. The molecule has 2 atom stereocenters. The van der Waals surface area contributed by atoms with E-state index in [-0.39, 0.29) is 6.04 Å². The first-order valence-electron chi connectivity index (χ1n) is 15.1. The van der Waals surface area contributed by atoms with Gasteiger partial charge in [0, 0.05) is 23.7 Å².